The molecule has 14 heteroatoms. The number of amides is 1. The molecule has 3 aromatic rings. The number of fused-ring (bicyclic) bond motifs is 1. The highest BCUT2D eigenvalue weighted by Gasteiger charge is 2.34. The number of hydrogen-bond acceptors (Lipinski definition) is 6. The summed E-state index contributed by atoms with van der Waals surface area (Å²) in [6, 6.07) is 7.57. The summed E-state index contributed by atoms with van der Waals surface area (Å²) in [6.45, 7) is 1.11. The fraction of sp³-hybridized carbons (Fsp3) is 0.238. The zero-order chi connectivity index (χ0) is 25.5. The van der Waals surface area contributed by atoms with E-state index in [1.54, 1.807) is 28.0 Å². The number of carbonyl (C=O) groups is 1. The van der Waals surface area contributed by atoms with Gasteiger partial charge in [0.25, 0.3) is 11.6 Å². The summed E-state index contributed by atoms with van der Waals surface area (Å²) in [4.78, 5) is 27.0. The SMILES string of the molecule is O=C(NC(=S)N1CCN(c2ccc(C(F)(F)F)cc2[N+](=O)[O-])CC1)c1sc2cc(Cl)ccc2c1Cl. The van der Waals surface area contributed by atoms with E-state index in [0.29, 0.717) is 34.6 Å². The molecule has 184 valence electrons. The molecule has 0 saturated carbocycles. The number of hydrogen-bond donors (Lipinski definition) is 1. The number of halogens is 5. The van der Waals surface area contributed by atoms with Crippen LogP contribution in [0.15, 0.2) is 36.4 Å². The van der Waals surface area contributed by atoms with Crippen molar-refractivity contribution in [2.45, 2.75) is 6.18 Å². The van der Waals surface area contributed by atoms with E-state index >= 15 is 0 Å². The van der Waals surface area contributed by atoms with E-state index in [4.69, 9.17) is 35.4 Å². The molecule has 1 fully saturated rings. The molecule has 0 aliphatic carbocycles. The molecule has 4 rings (SSSR count). The molecular weight excluding hydrogens is 548 g/mol. The molecule has 1 amide bonds. The van der Waals surface area contributed by atoms with E-state index in [1.165, 1.54) is 11.3 Å². The van der Waals surface area contributed by atoms with Gasteiger partial charge in [0, 0.05) is 47.4 Å². The van der Waals surface area contributed by atoms with E-state index in [9.17, 15) is 28.1 Å². The van der Waals surface area contributed by atoms with E-state index < -0.39 is 28.3 Å². The molecule has 1 aliphatic rings. The molecule has 1 saturated heterocycles. The van der Waals surface area contributed by atoms with Crippen molar-refractivity contribution in [2.75, 3.05) is 31.1 Å². The van der Waals surface area contributed by atoms with Gasteiger partial charge in [-0.2, -0.15) is 13.2 Å². The molecule has 0 spiro atoms. The molecular formula is C21H15Cl2F3N4O3S2. The van der Waals surface area contributed by atoms with Gasteiger partial charge in [-0.05, 0) is 36.5 Å². The van der Waals surface area contributed by atoms with E-state index in [-0.39, 0.29) is 28.8 Å². The Kier molecular flexibility index (Phi) is 7.09. The highest BCUT2D eigenvalue weighted by Crippen LogP contribution is 2.38. The first-order valence-electron chi connectivity index (χ1n) is 10.0. The number of nitro benzene ring substituents is 1. The first-order valence-corrected chi connectivity index (χ1v) is 12.0. The summed E-state index contributed by atoms with van der Waals surface area (Å²) in [6.07, 6.45) is -4.68. The number of thiocarbonyl (C=S) groups is 1. The highest BCUT2D eigenvalue weighted by atomic mass is 35.5. The second-order valence-electron chi connectivity index (χ2n) is 7.58. The summed E-state index contributed by atoms with van der Waals surface area (Å²) in [5.74, 6) is -0.474. The first-order chi connectivity index (χ1) is 16.5. The van der Waals surface area contributed by atoms with Gasteiger partial charge in [0.05, 0.1) is 15.5 Å². The van der Waals surface area contributed by atoms with Crippen LogP contribution in [0.1, 0.15) is 15.2 Å². The number of nitrogens with zero attached hydrogens (tertiary/aromatic N) is 3. The van der Waals surface area contributed by atoms with Crippen LogP contribution in [0.5, 0.6) is 0 Å². The Balaban J connectivity index is 1.43. The van der Waals surface area contributed by atoms with Crippen molar-refractivity contribution in [1.82, 2.24) is 10.2 Å². The normalized spacial score (nSPS) is 14.3. The molecule has 0 unspecified atom stereocenters. The van der Waals surface area contributed by atoms with Crippen molar-refractivity contribution in [1.29, 1.82) is 0 Å². The minimum Gasteiger partial charge on any atom is -0.362 e. The minimum atomic E-state index is -4.68. The zero-order valence-electron chi connectivity index (χ0n) is 17.6. The lowest BCUT2D eigenvalue weighted by atomic mass is 10.1. The molecule has 2 heterocycles. The summed E-state index contributed by atoms with van der Waals surface area (Å²) in [5, 5.41) is 15.7. The number of rotatable bonds is 3. The maximum Gasteiger partial charge on any atom is 0.416 e. The van der Waals surface area contributed by atoms with Crippen LogP contribution >= 0.6 is 46.8 Å². The van der Waals surface area contributed by atoms with Gasteiger partial charge in [-0.3, -0.25) is 20.2 Å². The lowest BCUT2D eigenvalue weighted by Crippen LogP contribution is -2.52. The quantitative estimate of drug-likeness (QED) is 0.240. The Bertz CT molecular complexity index is 1340. The number of anilines is 1. The van der Waals surface area contributed by atoms with Gasteiger partial charge in [-0.25, -0.2) is 0 Å². The largest absolute Gasteiger partial charge is 0.416 e. The van der Waals surface area contributed by atoms with Crippen LogP contribution in [-0.4, -0.2) is 47.0 Å². The van der Waals surface area contributed by atoms with Crippen LogP contribution in [-0.2, 0) is 6.18 Å². The average molecular weight is 563 g/mol. The van der Waals surface area contributed by atoms with Crippen molar-refractivity contribution >= 4 is 79.2 Å². The van der Waals surface area contributed by atoms with Crippen LogP contribution in [0.4, 0.5) is 24.5 Å². The molecule has 0 bridgehead atoms. The molecule has 1 aliphatic heterocycles. The van der Waals surface area contributed by atoms with Crippen LogP contribution in [0.25, 0.3) is 10.1 Å². The Morgan fingerprint density at radius 3 is 2.43 bits per heavy atom. The van der Waals surface area contributed by atoms with E-state index in [0.717, 1.165) is 16.8 Å². The Labute approximate surface area is 216 Å². The van der Waals surface area contributed by atoms with Crippen LogP contribution in [0.3, 0.4) is 0 Å². The maximum absolute atomic E-state index is 13.0. The third-order valence-corrected chi connectivity index (χ3v) is 7.68. The van der Waals surface area contributed by atoms with Crippen LogP contribution in [0.2, 0.25) is 10.0 Å². The van der Waals surface area contributed by atoms with Crippen molar-refractivity contribution in [3.05, 3.63) is 67.0 Å². The molecule has 35 heavy (non-hydrogen) atoms. The lowest BCUT2D eigenvalue weighted by Gasteiger charge is -2.37. The first kappa shape index (κ1) is 25.4. The van der Waals surface area contributed by atoms with E-state index in [1.807, 2.05) is 0 Å². The number of alkyl halides is 3. The predicted molar refractivity (Wildman–Crippen MR) is 134 cm³/mol. The topological polar surface area (TPSA) is 78.7 Å². The minimum absolute atomic E-state index is 0.0910. The van der Waals surface area contributed by atoms with Crippen molar-refractivity contribution in [3.8, 4) is 0 Å². The number of nitrogens with one attached hydrogen (secondary N) is 1. The number of thiophene rings is 1. The van der Waals surface area contributed by atoms with E-state index in [2.05, 4.69) is 5.32 Å². The molecule has 0 radical (unpaired) electrons. The summed E-state index contributed by atoms with van der Waals surface area (Å²) < 4.78 is 39.7. The molecule has 7 nitrogen and oxygen atoms in total. The van der Waals surface area contributed by atoms with Gasteiger partial charge in [-0.15, -0.1) is 11.3 Å². The van der Waals surface area contributed by atoms with Gasteiger partial charge in [0.2, 0.25) is 0 Å². The molecule has 2 aromatic carbocycles. The fourth-order valence-corrected chi connectivity index (χ4v) is 5.65. The number of piperazine rings is 1. The van der Waals surface area contributed by atoms with Crippen molar-refractivity contribution in [2.24, 2.45) is 0 Å². The van der Waals surface area contributed by atoms with Crippen LogP contribution < -0.4 is 10.2 Å². The zero-order valence-corrected chi connectivity index (χ0v) is 20.7. The third-order valence-electron chi connectivity index (χ3n) is 5.43. The average Bonchev–Trinajstić information content (AvgIpc) is 3.13. The smallest absolute Gasteiger partial charge is 0.362 e. The lowest BCUT2D eigenvalue weighted by molar-refractivity contribution is -0.384. The van der Waals surface area contributed by atoms with Gasteiger partial charge in [0.1, 0.15) is 10.6 Å². The monoisotopic (exact) mass is 562 g/mol. The fourth-order valence-electron chi connectivity index (χ4n) is 3.68. The number of nitro groups is 1. The maximum atomic E-state index is 13.0. The van der Waals surface area contributed by atoms with Crippen molar-refractivity contribution in [3.63, 3.8) is 0 Å². The van der Waals surface area contributed by atoms with Gasteiger partial charge >= 0.3 is 6.18 Å². The highest BCUT2D eigenvalue weighted by molar-refractivity contribution is 7.80. The third kappa shape index (κ3) is 5.30. The van der Waals surface area contributed by atoms with Gasteiger partial charge in [-0.1, -0.05) is 29.3 Å². The predicted octanol–water partition coefficient (Wildman–Crippen LogP) is 5.97. The second kappa shape index (κ2) is 9.76. The summed E-state index contributed by atoms with van der Waals surface area (Å²) in [7, 11) is 0. The van der Waals surface area contributed by atoms with Gasteiger partial charge in [0.15, 0.2) is 5.11 Å². The summed E-state index contributed by atoms with van der Waals surface area (Å²) in [5.41, 5.74) is -1.62. The number of carbonyl (C=O) groups excluding carboxylic acids is 1. The molecule has 0 atom stereocenters. The summed E-state index contributed by atoms with van der Waals surface area (Å²) >= 11 is 18.9. The van der Waals surface area contributed by atoms with Gasteiger partial charge < -0.3 is 9.80 Å². The standard InChI is InChI=1S/C21H15Cl2F3N4O3S2/c22-12-2-3-13-16(10-12)35-18(17(13)23)19(31)27-20(34)29-7-5-28(6-8-29)14-4-1-11(21(24,25)26)9-15(14)30(32)33/h1-4,9-10H,5-8H2,(H,27,31,34). The number of benzene rings is 2. The van der Waals surface area contributed by atoms with Crippen LogP contribution in [0, 0.1) is 10.1 Å². The second-order valence-corrected chi connectivity index (χ2v) is 9.83. The molecule has 1 N–H and O–H groups in total. The Morgan fingerprint density at radius 1 is 1.11 bits per heavy atom. The molecule has 1 aromatic heterocycles. The Morgan fingerprint density at radius 2 is 1.80 bits per heavy atom. The Hall–Kier alpha value is -2.67. The van der Waals surface area contributed by atoms with Crippen molar-refractivity contribution < 1.29 is 22.9 Å².